The van der Waals surface area contributed by atoms with Gasteiger partial charge in [0.25, 0.3) is 0 Å². The summed E-state index contributed by atoms with van der Waals surface area (Å²) in [4.78, 5) is 14.3. The van der Waals surface area contributed by atoms with Crippen LogP contribution in [0.3, 0.4) is 0 Å². The average Bonchev–Trinajstić information content (AvgIpc) is 3.25. The molecule has 3 aromatic rings. The van der Waals surface area contributed by atoms with Crippen LogP contribution in [-0.2, 0) is 7.05 Å². The third kappa shape index (κ3) is 2.70. The molecule has 1 aliphatic rings. The number of rotatable bonds is 2. The van der Waals surface area contributed by atoms with Gasteiger partial charge >= 0.3 is 6.03 Å². The largest absolute Gasteiger partial charge is 0.324 e. The standard InChI is InChI=1S/C16H19N7O/c1-22-15-3-2-12(10-14(15)20-21-22)18-16(24)23-8-5-11(6-9-23)13-4-7-17-19-13/h2-4,7,10-11H,5-6,8-9H2,1H3,(H,17,19)(H,18,24). The molecule has 2 aromatic heterocycles. The Labute approximate surface area is 138 Å². The predicted molar refractivity (Wildman–Crippen MR) is 89.7 cm³/mol. The lowest BCUT2D eigenvalue weighted by atomic mass is 9.94. The van der Waals surface area contributed by atoms with Gasteiger partial charge in [-0.15, -0.1) is 5.10 Å². The first kappa shape index (κ1) is 14.7. The second kappa shape index (κ2) is 5.95. The highest BCUT2D eigenvalue weighted by Gasteiger charge is 2.24. The number of piperidine rings is 1. The van der Waals surface area contributed by atoms with Gasteiger partial charge in [0, 0.05) is 43.6 Å². The zero-order chi connectivity index (χ0) is 16.5. The molecule has 1 saturated heterocycles. The van der Waals surface area contributed by atoms with Gasteiger partial charge in [0.1, 0.15) is 5.52 Å². The normalized spacial score (nSPS) is 15.8. The van der Waals surface area contributed by atoms with Gasteiger partial charge in [0.2, 0.25) is 0 Å². The fourth-order valence-electron chi connectivity index (χ4n) is 3.21. The van der Waals surface area contributed by atoms with E-state index in [0.717, 1.165) is 48.3 Å². The van der Waals surface area contributed by atoms with Gasteiger partial charge in [-0.3, -0.25) is 5.10 Å². The van der Waals surface area contributed by atoms with Crippen LogP contribution in [0.4, 0.5) is 10.5 Å². The van der Waals surface area contributed by atoms with Crippen LogP contribution < -0.4 is 5.32 Å². The number of H-pyrrole nitrogens is 1. The zero-order valence-corrected chi connectivity index (χ0v) is 13.4. The highest BCUT2D eigenvalue weighted by Crippen LogP contribution is 2.26. The van der Waals surface area contributed by atoms with Crippen molar-refractivity contribution in [2.24, 2.45) is 7.05 Å². The van der Waals surface area contributed by atoms with Crippen LogP contribution in [0.5, 0.6) is 0 Å². The van der Waals surface area contributed by atoms with Crippen molar-refractivity contribution >= 4 is 22.8 Å². The number of amides is 2. The number of aromatic amines is 1. The van der Waals surface area contributed by atoms with Crippen molar-refractivity contribution in [1.82, 2.24) is 30.1 Å². The van der Waals surface area contributed by atoms with Crippen LogP contribution in [0, 0.1) is 0 Å². The van der Waals surface area contributed by atoms with Gasteiger partial charge in [-0.2, -0.15) is 5.10 Å². The van der Waals surface area contributed by atoms with E-state index in [1.807, 2.05) is 36.2 Å². The summed E-state index contributed by atoms with van der Waals surface area (Å²) in [6.45, 7) is 1.48. The maximum atomic E-state index is 12.5. The number of hydrogen-bond donors (Lipinski definition) is 2. The molecular weight excluding hydrogens is 306 g/mol. The number of aryl methyl sites for hydroxylation is 1. The van der Waals surface area contributed by atoms with E-state index >= 15 is 0 Å². The fraction of sp³-hybridized carbons (Fsp3) is 0.375. The van der Waals surface area contributed by atoms with Crippen molar-refractivity contribution in [3.63, 3.8) is 0 Å². The van der Waals surface area contributed by atoms with Gasteiger partial charge in [-0.1, -0.05) is 5.21 Å². The maximum Gasteiger partial charge on any atom is 0.321 e. The Kier molecular flexibility index (Phi) is 3.64. The highest BCUT2D eigenvalue weighted by molar-refractivity contribution is 5.91. The minimum absolute atomic E-state index is 0.0682. The molecule has 2 N–H and O–H groups in total. The third-order valence-corrected chi connectivity index (χ3v) is 4.61. The van der Waals surface area contributed by atoms with E-state index in [2.05, 4.69) is 25.8 Å². The third-order valence-electron chi connectivity index (χ3n) is 4.61. The van der Waals surface area contributed by atoms with Gasteiger partial charge in [0.15, 0.2) is 0 Å². The van der Waals surface area contributed by atoms with E-state index < -0.39 is 0 Å². The number of nitrogens with one attached hydrogen (secondary N) is 2. The molecule has 1 aromatic carbocycles. The Morgan fingerprint density at radius 2 is 2.12 bits per heavy atom. The first-order valence-corrected chi connectivity index (χ1v) is 8.05. The van der Waals surface area contributed by atoms with E-state index in [9.17, 15) is 4.79 Å². The van der Waals surface area contributed by atoms with Crippen molar-refractivity contribution in [3.8, 4) is 0 Å². The molecule has 0 aliphatic carbocycles. The van der Waals surface area contributed by atoms with Crippen molar-refractivity contribution in [2.75, 3.05) is 18.4 Å². The minimum Gasteiger partial charge on any atom is -0.324 e. The van der Waals surface area contributed by atoms with Crippen molar-refractivity contribution in [2.45, 2.75) is 18.8 Å². The van der Waals surface area contributed by atoms with E-state index in [1.165, 1.54) is 0 Å². The number of likely N-dealkylation sites (tertiary alicyclic amines) is 1. The SMILES string of the molecule is Cn1nnc2cc(NC(=O)N3CCC(c4ccn[nH]4)CC3)ccc21. The lowest BCUT2D eigenvalue weighted by molar-refractivity contribution is 0.194. The molecule has 3 heterocycles. The smallest absolute Gasteiger partial charge is 0.321 e. The number of urea groups is 1. The van der Waals surface area contributed by atoms with E-state index in [0.29, 0.717) is 5.92 Å². The molecule has 2 amide bonds. The Morgan fingerprint density at radius 1 is 1.29 bits per heavy atom. The van der Waals surface area contributed by atoms with Crippen molar-refractivity contribution in [3.05, 3.63) is 36.2 Å². The Hall–Kier alpha value is -2.90. The van der Waals surface area contributed by atoms with Crippen molar-refractivity contribution < 1.29 is 4.79 Å². The average molecular weight is 325 g/mol. The van der Waals surface area contributed by atoms with Crippen LogP contribution in [0.15, 0.2) is 30.5 Å². The van der Waals surface area contributed by atoms with E-state index in [4.69, 9.17) is 0 Å². The van der Waals surface area contributed by atoms with Gasteiger partial charge < -0.3 is 10.2 Å². The summed E-state index contributed by atoms with van der Waals surface area (Å²) >= 11 is 0. The number of nitrogens with zero attached hydrogens (tertiary/aromatic N) is 5. The first-order valence-electron chi connectivity index (χ1n) is 8.05. The summed E-state index contributed by atoms with van der Waals surface area (Å²) in [6, 6.07) is 7.58. The molecule has 0 radical (unpaired) electrons. The molecule has 0 spiro atoms. The van der Waals surface area contributed by atoms with Gasteiger partial charge in [0.05, 0.1) is 5.52 Å². The fourth-order valence-corrected chi connectivity index (χ4v) is 3.21. The van der Waals surface area contributed by atoms with Gasteiger partial charge in [-0.25, -0.2) is 9.48 Å². The summed E-state index contributed by atoms with van der Waals surface area (Å²) < 4.78 is 1.71. The number of carbonyl (C=O) groups is 1. The maximum absolute atomic E-state index is 12.5. The molecule has 24 heavy (non-hydrogen) atoms. The number of carbonyl (C=O) groups excluding carboxylic acids is 1. The molecule has 0 atom stereocenters. The molecule has 1 fully saturated rings. The first-order chi connectivity index (χ1) is 11.7. The highest BCUT2D eigenvalue weighted by atomic mass is 16.2. The number of anilines is 1. The lowest BCUT2D eigenvalue weighted by Gasteiger charge is -2.31. The zero-order valence-electron chi connectivity index (χ0n) is 13.4. The Morgan fingerprint density at radius 3 is 2.88 bits per heavy atom. The molecule has 8 heteroatoms. The predicted octanol–water partition coefficient (Wildman–Crippen LogP) is 2.10. The molecule has 0 unspecified atom stereocenters. The summed E-state index contributed by atoms with van der Waals surface area (Å²) in [7, 11) is 1.84. The number of hydrogen-bond acceptors (Lipinski definition) is 4. The van der Waals surface area contributed by atoms with E-state index in [-0.39, 0.29) is 6.03 Å². The molecule has 8 nitrogen and oxygen atoms in total. The van der Waals surface area contributed by atoms with Crippen LogP contribution in [0.1, 0.15) is 24.5 Å². The van der Waals surface area contributed by atoms with Crippen LogP contribution in [0.25, 0.3) is 11.0 Å². The van der Waals surface area contributed by atoms with Crippen molar-refractivity contribution in [1.29, 1.82) is 0 Å². The monoisotopic (exact) mass is 325 g/mol. The number of benzene rings is 1. The molecular formula is C16H19N7O. The Balaban J connectivity index is 1.39. The summed E-state index contributed by atoms with van der Waals surface area (Å²) in [5, 5.41) is 18.0. The van der Waals surface area contributed by atoms with Gasteiger partial charge in [-0.05, 0) is 37.1 Å². The topological polar surface area (TPSA) is 91.7 Å². The molecule has 4 rings (SSSR count). The molecule has 124 valence electrons. The summed E-state index contributed by atoms with van der Waals surface area (Å²) in [6.07, 6.45) is 3.66. The van der Waals surface area contributed by atoms with E-state index in [1.54, 1.807) is 10.9 Å². The Bertz CT molecular complexity index is 847. The number of aromatic nitrogens is 5. The number of fused-ring (bicyclic) bond motifs is 1. The quantitative estimate of drug-likeness (QED) is 0.755. The van der Waals surface area contributed by atoms with Crippen LogP contribution in [0.2, 0.25) is 0 Å². The minimum atomic E-state index is -0.0682. The second-order valence-corrected chi connectivity index (χ2v) is 6.12. The van der Waals surface area contributed by atoms with Crippen LogP contribution in [-0.4, -0.2) is 49.2 Å². The summed E-state index contributed by atoms with van der Waals surface area (Å²) in [5.74, 6) is 0.451. The molecule has 0 saturated carbocycles. The summed E-state index contributed by atoms with van der Waals surface area (Å²) in [5.41, 5.74) is 3.61. The van der Waals surface area contributed by atoms with Crippen LogP contribution >= 0.6 is 0 Å². The lowest BCUT2D eigenvalue weighted by Crippen LogP contribution is -2.40. The second-order valence-electron chi connectivity index (χ2n) is 6.12. The molecule has 1 aliphatic heterocycles. The molecule has 0 bridgehead atoms.